The van der Waals surface area contributed by atoms with Crippen LogP contribution in [0.1, 0.15) is 67.2 Å². The molecule has 0 unspecified atom stereocenters. The van der Waals surface area contributed by atoms with Gasteiger partial charge in [-0.15, -0.1) is 0 Å². The van der Waals surface area contributed by atoms with Gasteiger partial charge < -0.3 is 19.7 Å². The molecule has 0 aromatic rings. The van der Waals surface area contributed by atoms with Crippen molar-refractivity contribution in [1.29, 1.82) is 0 Å². The Morgan fingerprint density at radius 2 is 1.65 bits per heavy atom. The van der Waals surface area contributed by atoms with Crippen molar-refractivity contribution in [3.63, 3.8) is 0 Å². The van der Waals surface area contributed by atoms with E-state index in [1.807, 2.05) is 6.92 Å². The standard InChI is InChI=1S/C24H36O7/c1-11-14-9-15(30-12(2)25)19-23(6)16(10-17(27)24(19,20(11)28)21(14)29)22(4,5)8-7-18(23)31-13(3)26/h11,14-19,21,27,29H,7-10H2,1-6H3/t11-,14-,15-,16-,17-,18-,19+,21+,23+,24-/m1/s1. The van der Waals surface area contributed by atoms with Crippen LogP contribution < -0.4 is 0 Å². The average Bonchev–Trinajstić information content (AvgIpc) is 2.76. The predicted octanol–water partition coefficient (Wildman–Crippen LogP) is 2.26. The van der Waals surface area contributed by atoms with Gasteiger partial charge in [0.2, 0.25) is 0 Å². The number of ether oxygens (including phenoxy) is 2. The molecule has 4 aliphatic rings. The Morgan fingerprint density at radius 1 is 1.03 bits per heavy atom. The number of fused-ring (bicyclic) bond motifs is 3. The number of hydrogen-bond acceptors (Lipinski definition) is 7. The predicted molar refractivity (Wildman–Crippen MR) is 111 cm³/mol. The molecule has 4 fully saturated rings. The lowest BCUT2D eigenvalue weighted by Crippen LogP contribution is -2.73. The molecule has 4 rings (SSSR count). The first-order valence-electron chi connectivity index (χ1n) is 11.5. The van der Waals surface area contributed by atoms with Crippen molar-refractivity contribution in [3.05, 3.63) is 0 Å². The van der Waals surface area contributed by atoms with Crippen LogP contribution in [0.2, 0.25) is 0 Å². The number of ketones is 1. The van der Waals surface area contributed by atoms with Gasteiger partial charge in [-0.25, -0.2) is 0 Å². The zero-order valence-corrected chi connectivity index (χ0v) is 19.4. The van der Waals surface area contributed by atoms with Crippen molar-refractivity contribution in [2.45, 2.75) is 91.6 Å². The monoisotopic (exact) mass is 436 g/mol. The van der Waals surface area contributed by atoms with Crippen LogP contribution in [0.25, 0.3) is 0 Å². The van der Waals surface area contributed by atoms with Crippen LogP contribution in [-0.2, 0) is 23.9 Å². The Hall–Kier alpha value is -1.47. The van der Waals surface area contributed by atoms with E-state index < -0.39 is 59.0 Å². The Balaban J connectivity index is 1.96. The molecule has 0 heterocycles. The number of esters is 2. The van der Waals surface area contributed by atoms with Crippen molar-refractivity contribution >= 4 is 17.7 Å². The number of carbonyl (C=O) groups excluding carboxylic acids is 3. The highest BCUT2D eigenvalue weighted by Gasteiger charge is 2.78. The van der Waals surface area contributed by atoms with E-state index in [1.165, 1.54) is 13.8 Å². The van der Waals surface area contributed by atoms with Crippen LogP contribution >= 0.6 is 0 Å². The first-order valence-corrected chi connectivity index (χ1v) is 11.5. The number of Topliss-reactive ketones (excluding diaryl/α,β-unsaturated/α-hetero) is 1. The highest BCUT2D eigenvalue weighted by atomic mass is 16.6. The smallest absolute Gasteiger partial charge is 0.302 e. The quantitative estimate of drug-likeness (QED) is 0.639. The van der Waals surface area contributed by atoms with Gasteiger partial charge in [0.15, 0.2) is 0 Å². The van der Waals surface area contributed by atoms with Crippen LogP contribution in [0.3, 0.4) is 0 Å². The fraction of sp³-hybridized carbons (Fsp3) is 0.875. The fourth-order valence-corrected chi connectivity index (χ4v) is 8.41. The second kappa shape index (κ2) is 7.01. The molecule has 7 heteroatoms. The summed E-state index contributed by atoms with van der Waals surface area (Å²) in [5.74, 6) is -2.51. The Labute approximate surface area is 183 Å². The summed E-state index contributed by atoms with van der Waals surface area (Å²) in [6, 6.07) is 0. The van der Waals surface area contributed by atoms with Gasteiger partial charge in [-0.3, -0.25) is 14.4 Å². The van der Waals surface area contributed by atoms with Crippen molar-refractivity contribution < 1.29 is 34.1 Å². The number of aliphatic hydroxyl groups excluding tert-OH is 2. The lowest BCUT2D eigenvalue weighted by Gasteiger charge is -2.67. The van der Waals surface area contributed by atoms with Crippen LogP contribution in [0, 0.1) is 39.9 Å². The van der Waals surface area contributed by atoms with E-state index in [2.05, 4.69) is 13.8 Å². The van der Waals surface area contributed by atoms with Crippen molar-refractivity contribution in [3.8, 4) is 0 Å². The molecule has 1 spiro atoms. The summed E-state index contributed by atoms with van der Waals surface area (Å²) in [6.45, 7) is 10.8. The van der Waals surface area contributed by atoms with E-state index in [4.69, 9.17) is 9.47 Å². The van der Waals surface area contributed by atoms with Crippen LogP contribution in [-0.4, -0.2) is 52.4 Å². The molecule has 2 bridgehead atoms. The SMILES string of the molecule is CC(=O)O[C@@H]1C[C@@H]2[C@@H](C)C(=O)[C@]3([C@H](O)C[C@@H]4C(C)(C)CC[C@@H](OC(C)=O)[C@@]4(C)[C@H]13)[C@H]2O. The normalized spacial score (nSPS) is 50.3. The molecule has 4 aliphatic carbocycles. The molecule has 10 atom stereocenters. The summed E-state index contributed by atoms with van der Waals surface area (Å²) in [5.41, 5.74) is -2.33. The highest BCUT2D eigenvalue weighted by Crippen LogP contribution is 2.71. The molecule has 0 radical (unpaired) electrons. The van der Waals surface area contributed by atoms with Gasteiger partial charge in [-0.05, 0) is 42.9 Å². The minimum atomic E-state index is -1.42. The third-order valence-electron chi connectivity index (χ3n) is 9.51. The largest absolute Gasteiger partial charge is 0.462 e. The summed E-state index contributed by atoms with van der Waals surface area (Å²) in [5, 5.41) is 22.9. The zero-order chi connectivity index (χ0) is 23.1. The second-order valence-corrected chi connectivity index (χ2v) is 11.4. The van der Waals surface area contributed by atoms with Gasteiger partial charge >= 0.3 is 11.9 Å². The molecule has 0 aliphatic heterocycles. The summed E-state index contributed by atoms with van der Waals surface area (Å²) in [6.07, 6.45) is -1.03. The van der Waals surface area contributed by atoms with E-state index in [-0.39, 0.29) is 23.0 Å². The Bertz CT molecular complexity index is 806. The zero-order valence-electron chi connectivity index (χ0n) is 19.4. The molecule has 31 heavy (non-hydrogen) atoms. The topological polar surface area (TPSA) is 110 Å². The van der Waals surface area contributed by atoms with Crippen LogP contribution in [0.4, 0.5) is 0 Å². The number of rotatable bonds is 2. The second-order valence-electron chi connectivity index (χ2n) is 11.4. The first kappa shape index (κ1) is 22.7. The van der Waals surface area contributed by atoms with Gasteiger partial charge in [0.1, 0.15) is 18.0 Å². The van der Waals surface area contributed by atoms with E-state index in [0.29, 0.717) is 19.3 Å². The maximum absolute atomic E-state index is 13.7. The van der Waals surface area contributed by atoms with E-state index >= 15 is 0 Å². The molecule has 0 aromatic heterocycles. The van der Waals surface area contributed by atoms with Crippen molar-refractivity contribution in [2.75, 3.05) is 0 Å². The summed E-state index contributed by atoms with van der Waals surface area (Å²) >= 11 is 0. The maximum atomic E-state index is 13.7. The van der Waals surface area contributed by atoms with Gasteiger partial charge in [-0.1, -0.05) is 27.7 Å². The average molecular weight is 437 g/mol. The molecular weight excluding hydrogens is 400 g/mol. The van der Waals surface area contributed by atoms with Crippen molar-refractivity contribution in [2.24, 2.45) is 39.9 Å². The third kappa shape index (κ3) is 2.81. The van der Waals surface area contributed by atoms with Gasteiger partial charge in [0, 0.05) is 31.1 Å². The minimum absolute atomic E-state index is 0.0748. The van der Waals surface area contributed by atoms with E-state index in [9.17, 15) is 24.6 Å². The first-order chi connectivity index (χ1) is 14.3. The van der Waals surface area contributed by atoms with Crippen molar-refractivity contribution in [1.82, 2.24) is 0 Å². The summed E-state index contributed by atoms with van der Waals surface area (Å²) < 4.78 is 11.7. The Kier molecular flexibility index (Phi) is 5.14. The van der Waals surface area contributed by atoms with Gasteiger partial charge in [0.25, 0.3) is 0 Å². The number of carbonyl (C=O) groups is 3. The molecule has 0 aromatic carbocycles. The van der Waals surface area contributed by atoms with E-state index in [0.717, 1.165) is 6.42 Å². The third-order valence-corrected chi connectivity index (χ3v) is 9.51. The molecular formula is C24H36O7. The van der Waals surface area contributed by atoms with E-state index in [1.54, 1.807) is 6.92 Å². The summed E-state index contributed by atoms with van der Waals surface area (Å²) in [7, 11) is 0. The van der Waals surface area contributed by atoms with Gasteiger partial charge in [0.05, 0.1) is 17.6 Å². The van der Waals surface area contributed by atoms with Gasteiger partial charge in [-0.2, -0.15) is 0 Å². The summed E-state index contributed by atoms with van der Waals surface area (Å²) in [4.78, 5) is 37.9. The Morgan fingerprint density at radius 3 is 2.23 bits per heavy atom. The molecule has 4 saturated carbocycles. The fourth-order valence-electron chi connectivity index (χ4n) is 8.41. The molecule has 7 nitrogen and oxygen atoms in total. The molecule has 0 amide bonds. The van der Waals surface area contributed by atoms with Crippen LogP contribution in [0.15, 0.2) is 0 Å². The maximum Gasteiger partial charge on any atom is 0.302 e. The lowest BCUT2D eigenvalue weighted by atomic mass is 9.38. The van der Waals surface area contributed by atoms with Crippen LogP contribution in [0.5, 0.6) is 0 Å². The number of hydrogen-bond donors (Lipinski definition) is 2. The molecule has 2 N–H and O–H groups in total. The minimum Gasteiger partial charge on any atom is -0.462 e. The highest BCUT2D eigenvalue weighted by molar-refractivity contribution is 5.92. The number of aliphatic hydroxyl groups is 2. The molecule has 174 valence electrons. The lowest BCUT2D eigenvalue weighted by molar-refractivity contribution is -0.279. The molecule has 0 saturated heterocycles.